The van der Waals surface area contributed by atoms with Crippen LogP contribution in [0.15, 0.2) is 62.4 Å². The first-order chi connectivity index (χ1) is 10.6. The molecule has 22 heavy (non-hydrogen) atoms. The SMILES string of the molecule is Cc1c2oc(=O)cc(O)c2cc2c(-c3ccccc3)coc12. The van der Waals surface area contributed by atoms with Gasteiger partial charge in [0.1, 0.15) is 16.9 Å². The Balaban J connectivity index is 2.15. The lowest BCUT2D eigenvalue weighted by Crippen LogP contribution is -1.96. The molecule has 4 aromatic rings. The first-order valence-electron chi connectivity index (χ1n) is 6.88. The highest BCUT2D eigenvalue weighted by Crippen LogP contribution is 2.37. The maximum atomic E-state index is 11.5. The quantitative estimate of drug-likeness (QED) is 0.533. The van der Waals surface area contributed by atoms with Gasteiger partial charge in [0, 0.05) is 16.5 Å². The van der Waals surface area contributed by atoms with Gasteiger partial charge in [-0.25, -0.2) is 4.79 Å². The van der Waals surface area contributed by atoms with E-state index in [1.54, 1.807) is 12.3 Å². The van der Waals surface area contributed by atoms with Crippen molar-refractivity contribution in [2.75, 3.05) is 0 Å². The summed E-state index contributed by atoms with van der Waals surface area (Å²) in [5, 5.41) is 11.4. The number of aromatic hydroxyl groups is 1. The number of hydrogen-bond acceptors (Lipinski definition) is 4. The molecule has 0 bridgehead atoms. The van der Waals surface area contributed by atoms with E-state index in [1.807, 2.05) is 37.3 Å². The van der Waals surface area contributed by atoms with Gasteiger partial charge in [0.05, 0.1) is 17.7 Å². The van der Waals surface area contributed by atoms with Gasteiger partial charge in [-0.3, -0.25) is 0 Å². The van der Waals surface area contributed by atoms with Gasteiger partial charge >= 0.3 is 5.63 Å². The van der Waals surface area contributed by atoms with Gasteiger partial charge in [0.15, 0.2) is 0 Å². The Morgan fingerprint density at radius 1 is 1.00 bits per heavy atom. The van der Waals surface area contributed by atoms with Crippen LogP contribution in [-0.4, -0.2) is 5.11 Å². The Kier molecular flexibility index (Phi) is 2.60. The third-order valence-electron chi connectivity index (χ3n) is 3.86. The van der Waals surface area contributed by atoms with Crippen LogP contribution in [0.3, 0.4) is 0 Å². The summed E-state index contributed by atoms with van der Waals surface area (Å²) in [4.78, 5) is 11.5. The molecule has 0 fully saturated rings. The highest BCUT2D eigenvalue weighted by atomic mass is 16.4. The zero-order chi connectivity index (χ0) is 15.3. The fourth-order valence-corrected chi connectivity index (χ4v) is 2.80. The maximum Gasteiger partial charge on any atom is 0.339 e. The van der Waals surface area contributed by atoms with Crippen molar-refractivity contribution in [3.05, 3.63) is 64.7 Å². The summed E-state index contributed by atoms with van der Waals surface area (Å²) < 4.78 is 10.9. The number of furan rings is 1. The lowest BCUT2D eigenvalue weighted by atomic mass is 10.0. The zero-order valence-electron chi connectivity index (χ0n) is 11.8. The Morgan fingerprint density at radius 3 is 2.55 bits per heavy atom. The molecule has 0 aliphatic rings. The average Bonchev–Trinajstić information content (AvgIpc) is 2.94. The molecule has 108 valence electrons. The molecule has 4 nitrogen and oxygen atoms in total. The number of hydrogen-bond donors (Lipinski definition) is 1. The molecule has 0 unspecified atom stereocenters. The van der Waals surface area contributed by atoms with Gasteiger partial charge in [0.25, 0.3) is 0 Å². The first-order valence-corrected chi connectivity index (χ1v) is 6.88. The summed E-state index contributed by atoms with van der Waals surface area (Å²) in [7, 11) is 0. The monoisotopic (exact) mass is 292 g/mol. The summed E-state index contributed by atoms with van der Waals surface area (Å²) in [6, 6.07) is 12.7. The van der Waals surface area contributed by atoms with E-state index in [1.165, 1.54) is 0 Å². The molecule has 0 radical (unpaired) electrons. The van der Waals surface area contributed by atoms with E-state index in [4.69, 9.17) is 8.83 Å². The topological polar surface area (TPSA) is 63.6 Å². The lowest BCUT2D eigenvalue weighted by Gasteiger charge is -2.04. The van der Waals surface area contributed by atoms with Crippen LogP contribution in [0.1, 0.15) is 5.56 Å². The van der Waals surface area contributed by atoms with Gasteiger partial charge < -0.3 is 13.9 Å². The Bertz CT molecular complexity index is 1060. The van der Waals surface area contributed by atoms with Gasteiger partial charge in [0.2, 0.25) is 0 Å². The average molecular weight is 292 g/mol. The fraction of sp³-hybridized carbons (Fsp3) is 0.0556. The Morgan fingerprint density at radius 2 is 1.77 bits per heavy atom. The molecule has 0 atom stereocenters. The minimum absolute atomic E-state index is 0.0866. The van der Waals surface area contributed by atoms with E-state index in [0.29, 0.717) is 22.1 Å². The summed E-state index contributed by atoms with van der Waals surface area (Å²) in [5.74, 6) is -0.0866. The minimum Gasteiger partial charge on any atom is -0.507 e. The van der Waals surface area contributed by atoms with Crippen molar-refractivity contribution in [3.63, 3.8) is 0 Å². The molecule has 0 aliphatic carbocycles. The molecular formula is C18H12O4. The number of aryl methyl sites for hydroxylation is 1. The van der Waals surface area contributed by atoms with Gasteiger partial charge in [-0.15, -0.1) is 0 Å². The molecule has 0 aliphatic heterocycles. The van der Waals surface area contributed by atoms with Crippen LogP contribution in [0, 0.1) is 6.92 Å². The van der Waals surface area contributed by atoms with Crippen molar-refractivity contribution in [1.82, 2.24) is 0 Å². The second kappa shape index (κ2) is 4.49. The van der Waals surface area contributed by atoms with Crippen LogP contribution < -0.4 is 5.63 Å². The normalized spacial score (nSPS) is 11.3. The van der Waals surface area contributed by atoms with Crippen molar-refractivity contribution in [1.29, 1.82) is 0 Å². The number of benzene rings is 2. The highest BCUT2D eigenvalue weighted by Gasteiger charge is 2.16. The molecule has 2 heterocycles. The second-order valence-electron chi connectivity index (χ2n) is 5.22. The van der Waals surface area contributed by atoms with Crippen molar-refractivity contribution in [2.24, 2.45) is 0 Å². The molecule has 0 amide bonds. The largest absolute Gasteiger partial charge is 0.507 e. The third kappa shape index (κ3) is 1.74. The number of fused-ring (bicyclic) bond motifs is 2. The minimum atomic E-state index is -0.581. The summed E-state index contributed by atoms with van der Waals surface area (Å²) in [5.41, 5.74) is 3.08. The van der Waals surface area contributed by atoms with Gasteiger partial charge in [-0.1, -0.05) is 30.3 Å². The standard InChI is InChI=1S/C18H12O4/c1-10-17-12(7-13-15(19)8-16(20)22-18(10)13)14(9-21-17)11-5-3-2-4-6-11/h2-9,19H,1H3. The lowest BCUT2D eigenvalue weighted by molar-refractivity contribution is 0.467. The molecule has 0 saturated carbocycles. The van der Waals surface area contributed by atoms with Gasteiger partial charge in [-0.2, -0.15) is 0 Å². The second-order valence-corrected chi connectivity index (χ2v) is 5.22. The smallest absolute Gasteiger partial charge is 0.339 e. The van der Waals surface area contributed by atoms with E-state index in [-0.39, 0.29) is 5.75 Å². The van der Waals surface area contributed by atoms with E-state index in [2.05, 4.69) is 0 Å². The van der Waals surface area contributed by atoms with Crippen molar-refractivity contribution >= 4 is 21.9 Å². The van der Waals surface area contributed by atoms with E-state index >= 15 is 0 Å². The van der Waals surface area contributed by atoms with E-state index in [0.717, 1.165) is 22.6 Å². The summed E-state index contributed by atoms with van der Waals surface area (Å²) in [6.07, 6.45) is 1.68. The molecule has 0 spiro atoms. The van der Waals surface area contributed by atoms with Crippen molar-refractivity contribution in [2.45, 2.75) is 6.92 Å². The Hall–Kier alpha value is -3.01. The van der Waals surface area contributed by atoms with Crippen molar-refractivity contribution < 1.29 is 13.9 Å². The summed E-state index contributed by atoms with van der Waals surface area (Å²) >= 11 is 0. The van der Waals surface area contributed by atoms with Gasteiger partial charge in [-0.05, 0) is 18.6 Å². The van der Waals surface area contributed by atoms with Crippen LogP contribution in [-0.2, 0) is 0 Å². The predicted octanol–water partition coefficient (Wildman–Crippen LogP) is 4.22. The molecule has 4 rings (SSSR count). The third-order valence-corrected chi connectivity index (χ3v) is 3.86. The van der Waals surface area contributed by atoms with Crippen LogP contribution in [0.5, 0.6) is 5.75 Å². The van der Waals surface area contributed by atoms with Crippen LogP contribution in [0.25, 0.3) is 33.1 Å². The predicted molar refractivity (Wildman–Crippen MR) is 84.1 cm³/mol. The first kappa shape index (κ1) is 12.7. The fourth-order valence-electron chi connectivity index (χ4n) is 2.80. The molecule has 4 heteroatoms. The van der Waals surface area contributed by atoms with Crippen LogP contribution in [0.2, 0.25) is 0 Å². The summed E-state index contributed by atoms with van der Waals surface area (Å²) in [6.45, 7) is 1.81. The maximum absolute atomic E-state index is 11.5. The van der Waals surface area contributed by atoms with Crippen LogP contribution >= 0.6 is 0 Å². The van der Waals surface area contributed by atoms with Crippen molar-refractivity contribution in [3.8, 4) is 16.9 Å². The zero-order valence-corrected chi connectivity index (χ0v) is 11.8. The van der Waals surface area contributed by atoms with E-state index < -0.39 is 5.63 Å². The van der Waals surface area contributed by atoms with E-state index in [9.17, 15) is 9.90 Å². The molecule has 2 aromatic carbocycles. The van der Waals surface area contributed by atoms with Crippen LogP contribution in [0.4, 0.5) is 0 Å². The molecule has 0 saturated heterocycles. The molecule has 1 N–H and O–H groups in total. The molecular weight excluding hydrogens is 280 g/mol. The Labute approximate surface area is 125 Å². The number of rotatable bonds is 1. The highest BCUT2D eigenvalue weighted by molar-refractivity contribution is 6.05. The molecule has 2 aromatic heterocycles.